The molecule has 30 heavy (non-hydrogen) atoms. The number of fused-ring (bicyclic) bond motifs is 1. The Labute approximate surface area is 180 Å². The van der Waals surface area contributed by atoms with Gasteiger partial charge in [0.1, 0.15) is 6.61 Å². The number of carbonyl (C=O) groups is 2. The van der Waals surface area contributed by atoms with Gasteiger partial charge in [-0.05, 0) is 38.1 Å². The van der Waals surface area contributed by atoms with Crippen molar-refractivity contribution in [1.29, 1.82) is 0 Å². The lowest BCUT2D eigenvalue weighted by Crippen LogP contribution is -2.34. The van der Waals surface area contributed by atoms with E-state index in [-0.39, 0.29) is 24.1 Å². The van der Waals surface area contributed by atoms with Gasteiger partial charge in [0, 0.05) is 31.9 Å². The number of nitrogens with one attached hydrogen (secondary N) is 2. The van der Waals surface area contributed by atoms with E-state index in [2.05, 4.69) is 25.6 Å². The highest BCUT2D eigenvalue weighted by atomic mass is 35.5. The van der Waals surface area contributed by atoms with Crippen LogP contribution in [0.3, 0.4) is 0 Å². The number of rotatable bonds is 3. The molecule has 2 aromatic rings. The highest BCUT2D eigenvalue weighted by Crippen LogP contribution is 2.15. The summed E-state index contributed by atoms with van der Waals surface area (Å²) in [6, 6.07) is 3.42. The fourth-order valence-electron chi connectivity index (χ4n) is 3.21. The van der Waals surface area contributed by atoms with Gasteiger partial charge in [-0.3, -0.25) is 14.3 Å². The minimum Gasteiger partial charge on any atom is -0.489 e. The van der Waals surface area contributed by atoms with Crippen molar-refractivity contribution >= 4 is 23.4 Å². The molecule has 0 aromatic carbocycles. The van der Waals surface area contributed by atoms with Crippen molar-refractivity contribution in [2.75, 3.05) is 39.3 Å². The fraction of sp³-hybridized carbons (Fsp3) is 0.500. The Morgan fingerprint density at radius 1 is 1.13 bits per heavy atom. The summed E-state index contributed by atoms with van der Waals surface area (Å²) < 4.78 is 7.44. The van der Waals surface area contributed by atoms with Gasteiger partial charge in [0.2, 0.25) is 5.91 Å². The second kappa shape index (κ2) is 11.5. The van der Waals surface area contributed by atoms with Crippen LogP contribution < -0.4 is 15.4 Å². The van der Waals surface area contributed by atoms with Gasteiger partial charge < -0.3 is 20.3 Å². The van der Waals surface area contributed by atoms with Crippen LogP contribution in [0.15, 0.2) is 30.7 Å². The van der Waals surface area contributed by atoms with E-state index in [1.54, 1.807) is 35.4 Å². The van der Waals surface area contributed by atoms with Gasteiger partial charge in [-0.2, -0.15) is 5.10 Å². The summed E-state index contributed by atoms with van der Waals surface area (Å²) in [7, 11) is 0. The van der Waals surface area contributed by atoms with Crippen molar-refractivity contribution in [1.82, 2.24) is 30.3 Å². The number of aromatic nitrogens is 3. The van der Waals surface area contributed by atoms with Gasteiger partial charge in [0.15, 0.2) is 11.4 Å². The number of carbonyl (C=O) groups excluding carboxylic acids is 2. The topological polar surface area (TPSA) is 101 Å². The van der Waals surface area contributed by atoms with E-state index in [9.17, 15) is 9.59 Å². The maximum Gasteiger partial charge on any atom is 0.273 e. The summed E-state index contributed by atoms with van der Waals surface area (Å²) in [6.45, 7) is 4.25. The summed E-state index contributed by atoms with van der Waals surface area (Å²) >= 11 is 5.93. The average molecular weight is 435 g/mol. The average Bonchev–Trinajstić information content (AvgIpc) is 3.16. The number of pyridine rings is 1. The molecule has 3 heterocycles. The van der Waals surface area contributed by atoms with Crippen LogP contribution in [-0.4, -0.2) is 70.8 Å². The second-order valence-corrected chi connectivity index (χ2v) is 7.46. The Morgan fingerprint density at radius 3 is 2.83 bits per heavy atom. The third-order valence-corrected chi connectivity index (χ3v) is 4.92. The molecule has 9 nitrogen and oxygen atoms in total. The van der Waals surface area contributed by atoms with Crippen molar-refractivity contribution < 1.29 is 14.3 Å². The molecule has 0 atom stereocenters. The van der Waals surface area contributed by atoms with Crippen LogP contribution in [0, 0.1) is 0 Å². The van der Waals surface area contributed by atoms with Crippen molar-refractivity contribution in [2.24, 2.45) is 0 Å². The van der Waals surface area contributed by atoms with Gasteiger partial charge >= 0.3 is 0 Å². The first-order chi connectivity index (χ1) is 14.6. The Hall–Kier alpha value is -2.65. The first-order valence-electron chi connectivity index (χ1n) is 10.1. The highest BCUT2D eigenvalue weighted by Gasteiger charge is 2.15. The molecule has 0 fully saturated rings. The molecule has 10 heteroatoms. The van der Waals surface area contributed by atoms with E-state index < -0.39 is 0 Å². The van der Waals surface area contributed by atoms with Crippen molar-refractivity contribution in [3.63, 3.8) is 0 Å². The van der Waals surface area contributed by atoms with Crippen LogP contribution >= 0.6 is 11.6 Å². The molecular weight excluding hydrogens is 408 g/mol. The van der Waals surface area contributed by atoms with Crippen LogP contribution in [0.25, 0.3) is 0 Å². The molecule has 2 amide bonds. The van der Waals surface area contributed by atoms with Crippen LogP contribution in [0.1, 0.15) is 29.8 Å². The normalized spacial score (nSPS) is 17.5. The fourth-order valence-corrected chi connectivity index (χ4v) is 3.37. The predicted octanol–water partition coefficient (Wildman–Crippen LogP) is 1.34. The molecule has 0 unspecified atom stereocenters. The van der Waals surface area contributed by atoms with Gasteiger partial charge in [0.05, 0.1) is 24.3 Å². The SMILES string of the molecule is O=C1CCCN(CCn2cc(Cl)cn2)CCCNC(=O)c2ncccc2OCCN1. The van der Waals surface area contributed by atoms with Gasteiger partial charge in [-0.1, -0.05) is 11.6 Å². The lowest BCUT2D eigenvalue weighted by atomic mass is 10.2. The van der Waals surface area contributed by atoms with Crippen molar-refractivity contribution in [2.45, 2.75) is 25.8 Å². The maximum absolute atomic E-state index is 12.5. The summed E-state index contributed by atoms with van der Waals surface area (Å²) in [4.78, 5) is 31.0. The zero-order valence-electron chi connectivity index (χ0n) is 16.8. The third kappa shape index (κ3) is 7.00. The van der Waals surface area contributed by atoms with E-state index in [4.69, 9.17) is 16.3 Å². The Balaban J connectivity index is 1.59. The summed E-state index contributed by atoms with van der Waals surface area (Å²) in [5.41, 5.74) is 0.253. The zero-order valence-corrected chi connectivity index (χ0v) is 17.6. The highest BCUT2D eigenvalue weighted by molar-refractivity contribution is 6.30. The number of amides is 2. The molecule has 1 aliphatic heterocycles. The molecule has 1 aliphatic rings. The molecule has 0 bridgehead atoms. The minimum absolute atomic E-state index is 0.00587. The number of hydrogen-bond donors (Lipinski definition) is 2. The molecule has 3 rings (SSSR count). The van der Waals surface area contributed by atoms with Crippen LogP contribution in [0.5, 0.6) is 5.75 Å². The molecule has 0 aliphatic carbocycles. The summed E-state index contributed by atoms with van der Waals surface area (Å²) in [5, 5.41) is 10.6. The lowest BCUT2D eigenvalue weighted by Gasteiger charge is -2.22. The van der Waals surface area contributed by atoms with Gasteiger partial charge in [-0.25, -0.2) is 4.98 Å². The van der Waals surface area contributed by atoms with Crippen molar-refractivity contribution in [3.8, 4) is 5.75 Å². The molecule has 0 saturated carbocycles. The van der Waals surface area contributed by atoms with E-state index in [1.165, 1.54) is 0 Å². The van der Waals surface area contributed by atoms with Gasteiger partial charge in [0.25, 0.3) is 5.91 Å². The monoisotopic (exact) mass is 434 g/mol. The second-order valence-electron chi connectivity index (χ2n) is 7.02. The number of nitrogens with zero attached hydrogens (tertiary/aromatic N) is 4. The first kappa shape index (κ1) is 22.0. The molecule has 0 radical (unpaired) electrons. The van der Waals surface area contributed by atoms with E-state index in [0.717, 1.165) is 32.5 Å². The van der Waals surface area contributed by atoms with Crippen LogP contribution in [0.2, 0.25) is 5.02 Å². The van der Waals surface area contributed by atoms with Crippen LogP contribution in [0.4, 0.5) is 0 Å². The van der Waals surface area contributed by atoms with E-state index in [0.29, 0.717) is 36.8 Å². The number of hydrogen-bond acceptors (Lipinski definition) is 6. The smallest absolute Gasteiger partial charge is 0.273 e. The quantitative estimate of drug-likeness (QED) is 0.756. The first-order valence-corrected chi connectivity index (χ1v) is 10.5. The largest absolute Gasteiger partial charge is 0.489 e. The molecule has 2 N–H and O–H groups in total. The van der Waals surface area contributed by atoms with Crippen LogP contribution in [-0.2, 0) is 11.3 Å². The predicted molar refractivity (Wildman–Crippen MR) is 113 cm³/mol. The Bertz CT molecular complexity index is 843. The standard InChI is InChI=1S/C20H27ClN6O3/c21-16-14-25-27(15-16)12-11-26-9-2-5-18(28)22-8-13-30-17-4-1-6-23-19(17)20(29)24-7-3-10-26/h1,4,6,14-15H,2-3,5,7-13H2,(H,22,28)(H,24,29). The Morgan fingerprint density at radius 2 is 2.00 bits per heavy atom. The van der Waals surface area contributed by atoms with E-state index in [1.807, 2.05) is 0 Å². The number of halogens is 1. The number of ether oxygens (including phenoxy) is 1. The van der Waals surface area contributed by atoms with Crippen molar-refractivity contribution in [3.05, 3.63) is 41.4 Å². The molecule has 2 aromatic heterocycles. The molecule has 162 valence electrons. The molecular formula is C20H27ClN6O3. The summed E-state index contributed by atoms with van der Waals surface area (Å²) in [6.07, 6.45) is 6.96. The maximum atomic E-state index is 12.5. The molecule has 0 saturated heterocycles. The Kier molecular flexibility index (Phi) is 8.46. The summed E-state index contributed by atoms with van der Waals surface area (Å²) in [5.74, 6) is 0.143. The lowest BCUT2D eigenvalue weighted by molar-refractivity contribution is -0.121. The molecule has 0 spiro atoms. The minimum atomic E-state index is -0.264. The zero-order chi connectivity index (χ0) is 21.2. The van der Waals surface area contributed by atoms with Gasteiger partial charge in [-0.15, -0.1) is 0 Å². The van der Waals surface area contributed by atoms with E-state index >= 15 is 0 Å². The third-order valence-electron chi connectivity index (χ3n) is 4.73.